The minimum Gasteiger partial charge on any atom is -0.497 e. The van der Waals surface area contributed by atoms with Crippen LogP contribution in [0, 0.1) is 13.8 Å². The molecule has 0 aliphatic carbocycles. The van der Waals surface area contributed by atoms with Crippen LogP contribution in [-0.4, -0.2) is 42.2 Å². The van der Waals surface area contributed by atoms with Crippen molar-refractivity contribution in [1.82, 2.24) is 10.2 Å². The summed E-state index contributed by atoms with van der Waals surface area (Å²) < 4.78 is 5.40. The lowest BCUT2D eigenvalue weighted by molar-refractivity contribution is -0.139. The van der Waals surface area contributed by atoms with Crippen LogP contribution >= 0.6 is 11.8 Å². The molecule has 0 saturated carbocycles. The summed E-state index contributed by atoms with van der Waals surface area (Å²) in [6.45, 7) is 7.11. The first-order valence-corrected chi connectivity index (χ1v) is 13.9. The van der Waals surface area contributed by atoms with Gasteiger partial charge in [0, 0.05) is 25.3 Å². The van der Waals surface area contributed by atoms with E-state index in [2.05, 4.69) is 37.4 Å². The van der Waals surface area contributed by atoms with Gasteiger partial charge in [-0.25, -0.2) is 0 Å². The molecule has 1 N–H and O–H groups in total. The maximum atomic E-state index is 13.7. The van der Waals surface area contributed by atoms with Crippen molar-refractivity contribution in [3.63, 3.8) is 0 Å². The van der Waals surface area contributed by atoms with Gasteiger partial charge >= 0.3 is 0 Å². The lowest BCUT2D eigenvalue weighted by Gasteiger charge is -2.31. The molecule has 2 amide bonds. The first-order chi connectivity index (χ1) is 17.9. The lowest BCUT2D eigenvalue weighted by atomic mass is 10.0. The number of methoxy groups -OCH3 is 1. The van der Waals surface area contributed by atoms with Crippen LogP contribution in [0.15, 0.2) is 72.8 Å². The number of thioether (sulfide) groups is 1. The Morgan fingerprint density at radius 1 is 0.919 bits per heavy atom. The molecule has 37 heavy (non-hydrogen) atoms. The Balaban J connectivity index is 1.85. The molecule has 5 nitrogen and oxygen atoms in total. The van der Waals surface area contributed by atoms with Crippen molar-refractivity contribution in [3.8, 4) is 5.75 Å². The third-order valence-corrected chi connectivity index (χ3v) is 7.07. The van der Waals surface area contributed by atoms with E-state index in [9.17, 15) is 9.59 Å². The molecule has 0 heterocycles. The number of rotatable bonds is 13. The van der Waals surface area contributed by atoms with E-state index in [0.29, 0.717) is 25.3 Å². The van der Waals surface area contributed by atoms with Crippen LogP contribution in [0.3, 0.4) is 0 Å². The molecule has 1 atom stereocenters. The van der Waals surface area contributed by atoms with Crippen LogP contribution in [0.1, 0.15) is 41.2 Å². The third kappa shape index (κ3) is 8.97. The van der Waals surface area contributed by atoms with Crippen LogP contribution in [0.4, 0.5) is 0 Å². The summed E-state index contributed by atoms with van der Waals surface area (Å²) in [7, 11) is 1.63. The van der Waals surface area contributed by atoms with Crippen molar-refractivity contribution in [2.75, 3.05) is 19.4 Å². The predicted molar refractivity (Wildman–Crippen MR) is 153 cm³/mol. The van der Waals surface area contributed by atoms with Crippen LogP contribution < -0.4 is 10.1 Å². The van der Waals surface area contributed by atoms with Gasteiger partial charge in [0.2, 0.25) is 11.8 Å². The Morgan fingerprint density at radius 2 is 1.62 bits per heavy atom. The molecule has 196 valence electrons. The van der Waals surface area contributed by atoms with Crippen LogP contribution in [0.2, 0.25) is 0 Å². The average molecular weight is 519 g/mol. The van der Waals surface area contributed by atoms with Gasteiger partial charge in [-0.05, 0) is 49.1 Å². The van der Waals surface area contributed by atoms with Crippen LogP contribution in [0.25, 0.3) is 0 Å². The smallest absolute Gasteiger partial charge is 0.243 e. The van der Waals surface area contributed by atoms with E-state index in [1.165, 1.54) is 16.7 Å². The minimum atomic E-state index is -0.616. The molecule has 3 rings (SSSR count). The first-order valence-electron chi connectivity index (χ1n) is 12.8. The Kier molecular flexibility index (Phi) is 11.1. The molecule has 0 aliphatic heterocycles. The SMILES string of the molecule is CCCNC(=O)C(Cc1ccccc1)N(Cc1cccc(OC)c1)C(=O)CSCc1cc(C)cc(C)c1. The zero-order chi connectivity index (χ0) is 26.6. The number of aryl methyl sites for hydroxylation is 2. The molecule has 0 bridgehead atoms. The lowest BCUT2D eigenvalue weighted by Crippen LogP contribution is -2.51. The molecule has 0 aliphatic rings. The summed E-state index contributed by atoms with van der Waals surface area (Å²) in [6.07, 6.45) is 1.28. The van der Waals surface area contributed by atoms with Gasteiger partial charge in [0.1, 0.15) is 11.8 Å². The summed E-state index contributed by atoms with van der Waals surface area (Å²) in [5, 5.41) is 3.03. The minimum absolute atomic E-state index is 0.0511. The Labute approximate surface area is 225 Å². The Morgan fingerprint density at radius 3 is 2.30 bits per heavy atom. The van der Waals surface area contributed by atoms with Crippen molar-refractivity contribution in [3.05, 3.63) is 101 Å². The largest absolute Gasteiger partial charge is 0.497 e. The highest BCUT2D eigenvalue weighted by molar-refractivity contribution is 7.99. The number of ether oxygens (including phenoxy) is 1. The highest BCUT2D eigenvalue weighted by atomic mass is 32.2. The first kappa shape index (κ1) is 28.3. The number of nitrogens with zero attached hydrogens (tertiary/aromatic N) is 1. The fourth-order valence-electron chi connectivity index (χ4n) is 4.38. The fraction of sp³-hybridized carbons (Fsp3) is 0.355. The summed E-state index contributed by atoms with van der Waals surface area (Å²) in [5.74, 6) is 1.59. The van der Waals surface area contributed by atoms with E-state index in [0.717, 1.165) is 29.1 Å². The maximum Gasteiger partial charge on any atom is 0.243 e. The zero-order valence-electron chi connectivity index (χ0n) is 22.3. The number of carbonyl (C=O) groups is 2. The number of hydrogen-bond donors (Lipinski definition) is 1. The van der Waals surface area contributed by atoms with Gasteiger partial charge in [-0.3, -0.25) is 9.59 Å². The second-order valence-corrected chi connectivity index (χ2v) is 10.3. The quantitative estimate of drug-likeness (QED) is 0.315. The van der Waals surface area contributed by atoms with Gasteiger partial charge in [-0.15, -0.1) is 11.8 Å². The highest BCUT2D eigenvalue weighted by Gasteiger charge is 2.30. The molecule has 3 aromatic rings. The van der Waals surface area contributed by atoms with Crippen molar-refractivity contribution >= 4 is 23.6 Å². The molecule has 3 aromatic carbocycles. The van der Waals surface area contributed by atoms with Crippen molar-refractivity contribution < 1.29 is 14.3 Å². The monoisotopic (exact) mass is 518 g/mol. The molecular formula is C31H38N2O3S. The molecule has 6 heteroatoms. The second-order valence-electron chi connectivity index (χ2n) is 9.36. The summed E-state index contributed by atoms with van der Waals surface area (Å²) in [5.41, 5.74) is 5.59. The van der Waals surface area contributed by atoms with E-state index >= 15 is 0 Å². The molecule has 0 radical (unpaired) electrons. The fourth-order valence-corrected chi connectivity index (χ4v) is 5.22. The Bertz CT molecular complexity index is 1150. The normalized spacial score (nSPS) is 11.6. The second kappa shape index (κ2) is 14.5. The predicted octanol–water partition coefficient (Wildman–Crippen LogP) is 5.71. The summed E-state index contributed by atoms with van der Waals surface area (Å²) in [4.78, 5) is 28.9. The van der Waals surface area contributed by atoms with Gasteiger partial charge in [0.05, 0.1) is 12.9 Å². The zero-order valence-corrected chi connectivity index (χ0v) is 23.1. The third-order valence-electron chi connectivity index (χ3n) is 6.08. The topological polar surface area (TPSA) is 58.6 Å². The van der Waals surface area contributed by atoms with E-state index in [-0.39, 0.29) is 11.8 Å². The molecule has 1 unspecified atom stereocenters. The van der Waals surface area contributed by atoms with E-state index < -0.39 is 6.04 Å². The number of nitrogens with one attached hydrogen (secondary N) is 1. The van der Waals surface area contributed by atoms with Crippen LogP contribution in [-0.2, 0) is 28.3 Å². The molecule has 0 aromatic heterocycles. The van der Waals surface area contributed by atoms with Crippen molar-refractivity contribution in [2.45, 2.75) is 52.0 Å². The van der Waals surface area contributed by atoms with Gasteiger partial charge < -0.3 is 15.0 Å². The molecular weight excluding hydrogens is 480 g/mol. The number of benzene rings is 3. The molecule has 0 saturated heterocycles. The van der Waals surface area contributed by atoms with E-state index in [4.69, 9.17) is 4.74 Å². The van der Waals surface area contributed by atoms with Gasteiger partial charge in [0.15, 0.2) is 0 Å². The van der Waals surface area contributed by atoms with E-state index in [1.54, 1.807) is 23.8 Å². The number of hydrogen-bond acceptors (Lipinski definition) is 4. The van der Waals surface area contributed by atoms with Crippen LogP contribution in [0.5, 0.6) is 5.75 Å². The summed E-state index contributed by atoms with van der Waals surface area (Å²) in [6, 6.07) is 23.4. The maximum absolute atomic E-state index is 13.7. The van der Waals surface area contributed by atoms with E-state index in [1.807, 2.05) is 61.5 Å². The van der Waals surface area contributed by atoms with Gasteiger partial charge in [-0.1, -0.05) is 78.7 Å². The van der Waals surface area contributed by atoms with Crippen molar-refractivity contribution in [1.29, 1.82) is 0 Å². The standard InChI is InChI=1S/C31H38N2O3S/c1-5-14-32-31(35)29(19-25-10-7-6-8-11-25)33(20-26-12-9-13-28(18-26)36-4)30(34)22-37-21-27-16-23(2)15-24(3)17-27/h6-13,15-18,29H,5,14,19-22H2,1-4H3,(H,32,35). The average Bonchev–Trinajstić information content (AvgIpc) is 2.89. The highest BCUT2D eigenvalue weighted by Crippen LogP contribution is 2.21. The number of amides is 2. The Hall–Kier alpha value is -3.25. The summed E-state index contributed by atoms with van der Waals surface area (Å²) >= 11 is 1.58. The van der Waals surface area contributed by atoms with Gasteiger partial charge in [-0.2, -0.15) is 0 Å². The number of carbonyl (C=O) groups excluding carboxylic acids is 2. The molecule has 0 spiro atoms. The van der Waals surface area contributed by atoms with Gasteiger partial charge in [0.25, 0.3) is 0 Å². The molecule has 0 fully saturated rings. The van der Waals surface area contributed by atoms with Crippen molar-refractivity contribution in [2.24, 2.45) is 0 Å².